The number of carbonyl (C=O) groups is 1. The molecule has 4 nitrogen and oxygen atoms in total. The third kappa shape index (κ3) is 11.5. The van der Waals surface area contributed by atoms with Crippen molar-refractivity contribution < 1.29 is 9.90 Å². The molecular formula is C12H26N2O2. The van der Waals surface area contributed by atoms with Crippen LogP contribution in [0, 0.1) is 0 Å². The smallest absolute Gasteiger partial charge is 0.303 e. The van der Waals surface area contributed by atoms with Crippen LogP contribution in [0.3, 0.4) is 0 Å². The number of aliphatic carboxylic acids is 1. The summed E-state index contributed by atoms with van der Waals surface area (Å²) >= 11 is 0. The van der Waals surface area contributed by atoms with Gasteiger partial charge in [-0.15, -0.1) is 0 Å². The molecule has 16 heavy (non-hydrogen) atoms. The van der Waals surface area contributed by atoms with Crippen LogP contribution in [0.5, 0.6) is 0 Å². The number of carboxylic acids is 1. The van der Waals surface area contributed by atoms with Gasteiger partial charge in [0.25, 0.3) is 0 Å². The zero-order chi connectivity index (χ0) is 12.4. The highest BCUT2D eigenvalue weighted by Crippen LogP contribution is 2.03. The summed E-state index contributed by atoms with van der Waals surface area (Å²) in [4.78, 5) is 14.8. The van der Waals surface area contributed by atoms with Crippen LogP contribution in [0.15, 0.2) is 0 Å². The Labute approximate surface area is 99.2 Å². The zero-order valence-electron chi connectivity index (χ0n) is 10.9. The minimum atomic E-state index is -0.678. The highest BCUT2D eigenvalue weighted by molar-refractivity contribution is 5.66. The molecule has 0 fully saturated rings. The molecule has 0 heterocycles. The van der Waals surface area contributed by atoms with E-state index in [1.54, 1.807) is 0 Å². The molecule has 0 aliphatic carbocycles. The van der Waals surface area contributed by atoms with Crippen LogP contribution in [0.2, 0.25) is 0 Å². The Bertz CT molecular complexity index is 184. The van der Waals surface area contributed by atoms with Gasteiger partial charge in [0.15, 0.2) is 0 Å². The van der Waals surface area contributed by atoms with Crippen molar-refractivity contribution in [2.45, 2.75) is 32.1 Å². The molecular weight excluding hydrogens is 204 g/mol. The number of carboxylic acid groups (broad SMARTS) is 1. The van der Waals surface area contributed by atoms with Crippen LogP contribution in [-0.2, 0) is 4.79 Å². The molecule has 0 saturated heterocycles. The van der Waals surface area contributed by atoms with E-state index < -0.39 is 5.97 Å². The van der Waals surface area contributed by atoms with Crippen molar-refractivity contribution in [2.75, 3.05) is 40.8 Å². The fourth-order valence-corrected chi connectivity index (χ4v) is 1.49. The number of hydrogen-bond donors (Lipinski definition) is 1. The van der Waals surface area contributed by atoms with Crippen molar-refractivity contribution in [1.29, 1.82) is 0 Å². The van der Waals surface area contributed by atoms with E-state index in [2.05, 4.69) is 30.9 Å². The molecule has 0 aromatic heterocycles. The van der Waals surface area contributed by atoms with Gasteiger partial charge in [-0.3, -0.25) is 4.79 Å². The Hall–Kier alpha value is -0.610. The summed E-state index contributed by atoms with van der Waals surface area (Å²) in [6, 6.07) is 0. The van der Waals surface area contributed by atoms with Gasteiger partial charge in [-0.25, -0.2) is 0 Å². The first kappa shape index (κ1) is 15.4. The van der Waals surface area contributed by atoms with Gasteiger partial charge >= 0.3 is 5.97 Å². The number of hydrogen-bond acceptors (Lipinski definition) is 3. The van der Waals surface area contributed by atoms with Gasteiger partial charge in [0.1, 0.15) is 0 Å². The van der Waals surface area contributed by atoms with Crippen LogP contribution in [0.25, 0.3) is 0 Å². The molecule has 0 aliphatic rings. The number of rotatable bonds is 10. The standard InChI is InChI=1S/C12H26N2O2/c1-13(2)10-11-14(3)9-7-5-4-6-8-12(15)16/h4-11H2,1-3H3,(H,15,16). The summed E-state index contributed by atoms with van der Waals surface area (Å²) in [5.41, 5.74) is 0. The second-order valence-electron chi connectivity index (χ2n) is 4.66. The second kappa shape index (κ2) is 9.60. The van der Waals surface area contributed by atoms with Crippen LogP contribution in [0.1, 0.15) is 32.1 Å². The first-order chi connectivity index (χ1) is 7.52. The van der Waals surface area contributed by atoms with Gasteiger partial charge < -0.3 is 14.9 Å². The lowest BCUT2D eigenvalue weighted by molar-refractivity contribution is -0.137. The lowest BCUT2D eigenvalue weighted by atomic mass is 10.1. The second-order valence-corrected chi connectivity index (χ2v) is 4.66. The van der Waals surface area contributed by atoms with Crippen molar-refractivity contribution in [1.82, 2.24) is 9.80 Å². The topological polar surface area (TPSA) is 43.8 Å². The normalized spacial score (nSPS) is 11.3. The molecule has 0 spiro atoms. The number of nitrogens with zero attached hydrogens (tertiary/aromatic N) is 2. The maximum Gasteiger partial charge on any atom is 0.303 e. The predicted octanol–water partition coefficient (Wildman–Crippen LogP) is 1.51. The van der Waals surface area contributed by atoms with E-state index >= 15 is 0 Å². The molecule has 0 aromatic rings. The molecule has 0 bridgehead atoms. The molecule has 0 aliphatic heterocycles. The lowest BCUT2D eigenvalue weighted by Gasteiger charge is -2.18. The molecule has 1 N–H and O–H groups in total. The highest BCUT2D eigenvalue weighted by atomic mass is 16.4. The molecule has 96 valence electrons. The Kier molecular flexibility index (Phi) is 9.24. The van der Waals surface area contributed by atoms with Crippen molar-refractivity contribution in [3.63, 3.8) is 0 Å². The van der Waals surface area contributed by atoms with Gasteiger partial charge in [0, 0.05) is 19.5 Å². The van der Waals surface area contributed by atoms with E-state index in [0.29, 0.717) is 6.42 Å². The maximum absolute atomic E-state index is 10.3. The molecule has 0 aromatic carbocycles. The summed E-state index contributed by atoms with van der Waals surface area (Å²) in [6.45, 7) is 3.30. The lowest BCUT2D eigenvalue weighted by Crippen LogP contribution is -2.29. The van der Waals surface area contributed by atoms with Gasteiger partial charge in [-0.1, -0.05) is 12.8 Å². The molecule has 0 atom stereocenters. The van der Waals surface area contributed by atoms with Crippen molar-refractivity contribution in [2.24, 2.45) is 0 Å². The quantitative estimate of drug-likeness (QED) is 0.578. The summed E-state index contributed by atoms with van der Waals surface area (Å²) in [5, 5.41) is 8.47. The SMILES string of the molecule is CN(C)CCN(C)CCCCCCC(=O)O. The van der Waals surface area contributed by atoms with Gasteiger partial charge in [0.05, 0.1) is 0 Å². The van der Waals surface area contributed by atoms with Crippen LogP contribution >= 0.6 is 0 Å². The Morgan fingerprint density at radius 1 is 0.938 bits per heavy atom. The Balaban J connectivity index is 3.21. The average Bonchev–Trinajstić information content (AvgIpc) is 2.19. The van der Waals surface area contributed by atoms with Gasteiger partial charge in [0.2, 0.25) is 0 Å². The van der Waals surface area contributed by atoms with Crippen LogP contribution in [-0.4, -0.2) is 61.7 Å². The molecule has 4 heteroatoms. The fourth-order valence-electron chi connectivity index (χ4n) is 1.49. The third-order valence-electron chi connectivity index (χ3n) is 2.61. The van der Waals surface area contributed by atoms with E-state index in [1.165, 1.54) is 6.42 Å². The zero-order valence-corrected chi connectivity index (χ0v) is 10.9. The molecule has 0 rings (SSSR count). The van der Waals surface area contributed by atoms with Gasteiger partial charge in [-0.2, -0.15) is 0 Å². The Morgan fingerprint density at radius 2 is 1.56 bits per heavy atom. The number of likely N-dealkylation sites (N-methyl/N-ethyl adjacent to an activating group) is 2. The molecule has 0 unspecified atom stereocenters. The van der Waals surface area contributed by atoms with Crippen molar-refractivity contribution >= 4 is 5.97 Å². The van der Waals surface area contributed by atoms with Crippen molar-refractivity contribution in [3.8, 4) is 0 Å². The molecule has 0 saturated carbocycles. The number of unbranched alkanes of at least 4 members (excludes halogenated alkanes) is 3. The summed E-state index contributed by atoms with van der Waals surface area (Å²) in [7, 11) is 6.31. The van der Waals surface area contributed by atoms with Crippen molar-refractivity contribution in [3.05, 3.63) is 0 Å². The predicted molar refractivity (Wildman–Crippen MR) is 66.8 cm³/mol. The van der Waals surface area contributed by atoms with E-state index in [0.717, 1.165) is 38.9 Å². The minimum absolute atomic E-state index is 0.316. The van der Waals surface area contributed by atoms with E-state index in [-0.39, 0.29) is 0 Å². The first-order valence-electron chi connectivity index (χ1n) is 6.07. The Morgan fingerprint density at radius 3 is 2.12 bits per heavy atom. The van der Waals surface area contributed by atoms with Crippen LogP contribution in [0.4, 0.5) is 0 Å². The first-order valence-corrected chi connectivity index (χ1v) is 6.07. The van der Waals surface area contributed by atoms with E-state index in [4.69, 9.17) is 5.11 Å². The van der Waals surface area contributed by atoms with E-state index in [1.807, 2.05) is 0 Å². The minimum Gasteiger partial charge on any atom is -0.481 e. The van der Waals surface area contributed by atoms with E-state index in [9.17, 15) is 4.79 Å². The summed E-state index contributed by atoms with van der Waals surface area (Å²) in [5.74, 6) is -0.678. The fraction of sp³-hybridized carbons (Fsp3) is 0.917. The average molecular weight is 230 g/mol. The maximum atomic E-state index is 10.3. The van der Waals surface area contributed by atoms with Gasteiger partial charge in [-0.05, 0) is 40.5 Å². The largest absolute Gasteiger partial charge is 0.481 e. The molecule has 0 amide bonds. The monoisotopic (exact) mass is 230 g/mol. The van der Waals surface area contributed by atoms with Crippen LogP contribution < -0.4 is 0 Å². The molecule has 0 radical (unpaired) electrons. The third-order valence-corrected chi connectivity index (χ3v) is 2.61. The summed E-state index contributed by atoms with van der Waals surface area (Å²) in [6.07, 6.45) is 4.48. The highest BCUT2D eigenvalue weighted by Gasteiger charge is 2.00. The summed E-state index contributed by atoms with van der Waals surface area (Å²) < 4.78 is 0.